The molecule has 0 fully saturated rings. The number of carbonyl (C=O) groups excluding carboxylic acids is 2. The van der Waals surface area contributed by atoms with Gasteiger partial charge in [0.1, 0.15) is 23.4 Å². The second kappa shape index (κ2) is 8.86. The molecule has 2 rings (SSSR count). The zero-order valence-electron chi connectivity index (χ0n) is 17.9. The molecule has 36 heavy (non-hydrogen) atoms. The Morgan fingerprint density at radius 2 is 1.78 bits per heavy atom. The fourth-order valence-electron chi connectivity index (χ4n) is 2.70. The topological polar surface area (TPSA) is 123 Å². The smallest absolute Gasteiger partial charge is 0.475 e. The molecule has 1 aliphatic heterocycles. The van der Waals surface area contributed by atoms with Gasteiger partial charge in [0.2, 0.25) is 12.9 Å². The second-order valence-corrected chi connectivity index (χ2v) is 9.57. The Hall–Kier alpha value is -3.51. The molecule has 1 unspecified atom stereocenters. The number of benzene rings is 1. The van der Waals surface area contributed by atoms with Crippen molar-refractivity contribution in [1.82, 2.24) is 0 Å². The maximum absolute atomic E-state index is 13.5. The van der Waals surface area contributed by atoms with E-state index in [9.17, 15) is 52.3 Å². The first-order valence-electron chi connectivity index (χ1n) is 9.20. The van der Waals surface area contributed by atoms with Crippen LogP contribution in [0, 0.1) is 17.0 Å². The van der Waals surface area contributed by atoms with Crippen LogP contribution in [-0.4, -0.2) is 49.0 Å². The molecule has 0 aromatic heterocycles. The van der Waals surface area contributed by atoms with E-state index in [1.165, 1.54) is 0 Å². The summed E-state index contributed by atoms with van der Waals surface area (Å²) >= 11 is 0. The second-order valence-electron chi connectivity index (χ2n) is 7.16. The summed E-state index contributed by atoms with van der Waals surface area (Å²) in [5, 5.41) is 8.86. The quantitative estimate of drug-likeness (QED) is 0.131. The molecule has 2 atom stereocenters. The van der Waals surface area contributed by atoms with Crippen LogP contribution in [0.25, 0.3) is 6.08 Å². The lowest BCUT2D eigenvalue weighted by molar-refractivity contribution is -0.759. The number of rotatable bonds is 8. The molecule has 0 radical (unpaired) electrons. The van der Waals surface area contributed by atoms with Crippen LogP contribution >= 0.6 is 10.2 Å². The van der Waals surface area contributed by atoms with Gasteiger partial charge in [0.25, 0.3) is 5.09 Å². The Balaban J connectivity index is 2.24. The van der Waals surface area contributed by atoms with E-state index in [2.05, 4.69) is 23.8 Å². The van der Waals surface area contributed by atoms with E-state index < -0.39 is 86.6 Å². The van der Waals surface area contributed by atoms with Crippen LogP contribution in [0.2, 0.25) is 0 Å². The monoisotopic (exact) mass is 561 g/mol. The Bertz CT molecular complexity index is 1110. The van der Waals surface area contributed by atoms with Gasteiger partial charge < -0.3 is 23.8 Å². The zero-order chi connectivity index (χ0) is 27.8. The molecule has 1 aromatic carbocycles. The van der Waals surface area contributed by atoms with Crippen LogP contribution < -0.4 is 4.74 Å². The van der Waals surface area contributed by atoms with Crippen molar-refractivity contribution in [2.45, 2.75) is 37.1 Å². The standard InChI is InChI=1S/C17H15F8NO9S/c1-8-3-11(36(21,22,23,24)25)4-10-5-12(14(17(18,19)20)35-13(8)10)15(27)31-7-32-16(28)34-9(2)6-33-26(29)30/h3-5,9,14H,6-7H2,1-2H3/t9?,14-/m0/s1. The third-order valence-corrected chi connectivity index (χ3v) is 5.29. The zero-order valence-corrected chi connectivity index (χ0v) is 18.7. The highest BCUT2D eigenvalue weighted by atomic mass is 32.5. The highest BCUT2D eigenvalue weighted by molar-refractivity contribution is 8.45. The Labute approximate surface area is 195 Å². The van der Waals surface area contributed by atoms with Crippen molar-refractivity contribution in [3.05, 3.63) is 38.9 Å². The van der Waals surface area contributed by atoms with Crippen LogP contribution in [0.15, 0.2) is 22.6 Å². The number of hydrogen-bond acceptors (Lipinski definition) is 9. The molecule has 0 saturated carbocycles. The summed E-state index contributed by atoms with van der Waals surface area (Å²) in [6, 6.07) is -0.256. The van der Waals surface area contributed by atoms with Crippen molar-refractivity contribution in [3.63, 3.8) is 0 Å². The predicted octanol–water partition coefficient (Wildman–Crippen LogP) is 5.61. The van der Waals surface area contributed by atoms with Crippen molar-refractivity contribution in [2.24, 2.45) is 0 Å². The fourth-order valence-corrected chi connectivity index (χ4v) is 3.45. The van der Waals surface area contributed by atoms with E-state index in [1.54, 1.807) is 0 Å². The number of hydrogen-bond donors (Lipinski definition) is 0. The van der Waals surface area contributed by atoms with Gasteiger partial charge in [0.05, 0.1) is 5.57 Å². The average Bonchev–Trinajstić information content (AvgIpc) is 2.68. The minimum atomic E-state index is -10.2. The molecule has 0 amide bonds. The van der Waals surface area contributed by atoms with Crippen LogP contribution in [0.3, 0.4) is 0 Å². The van der Waals surface area contributed by atoms with Crippen molar-refractivity contribution in [3.8, 4) is 5.75 Å². The van der Waals surface area contributed by atoms with E-state index in [0.717, 1.165) is 13.8 Å². The van der Waals surface area contributed by atoms with Crippen molar-refractivity contribution < 1.29 is 71.1 Å². The van der Waals surface area contributed by atoms with Gasteiger partial charge in [-0.05, 0) is 37.6 Å². The maximum Gasteiger partial charge on any atom is 0.511 e. The third-order valence-electron chi connectivity index (χ3n) is 4.16. The van der Waals surface area contributed by atoms with E-state index in [-0.39, 0.29) is 18.2 Å². The summed E-state index contributed by atoms with van der Waals surface area (Å²) in [5.41, 5.74) is -3.06. The van der Waals surface area contributed by atoms with Gasteiger partial charge in [0, 0.05) is 5.56 Å². The first kappa shape index (κ1) is 28.7. The van der Waals surface area contributed by atoms with Crippen molar-refractivity contribution in [2.75, 3.05) is 13.4 Å². The lowest BCUT2D eigenvalue weighted by atomic mass is 9.99. The summed E-state index contributed by atoms with van der Waals surface area (Å²) < 4.78 is 124. The minimum absolute atomic E-state index is 0.0812. The largest absolute Gasteiger partial charge is 0.511 e. The molecule has 1 aromatic rings. The molecule has 0 bridgehead atoms. The van der Waals surface area contributed by atoms with E-state index >= 15 is 0 Å². The SMILES string of the molecule is Cc1cc(S(F)(F)(F)(F)F)cc2c1O[C@H](C(F)(F)F)C(C(=O)OCOC(=O)OC(C)CO[N+](=O)[O-])=C2. The van der Waals surface area contributed by atoms with Gasteiger partial charge in [-0.1, -0.05) is 19.4 Å². The number of halogens is 8. The minimum Gasteiger partial charge on any atom is -0.475 e. The molecule has 0 saturated heterocycles. The number of carbonyl (C=O) groups is 2. The van der Waals surface area contributed by atoms with Gasteiger partial charge in [0.15, 0.2) is 0 Å². The molecule has 1 heterocycles. The Morgan fingerprint density at radius 1 is 1.17 bits per heavy atom. The molecule has 0 N–H and O–H groups in total. The van der Waals surface area contributed by atoms with E-state index in [1.807, 2.05) is 0 Å². The lowest BCUT2D eigenvalue weighted by Crippen LogP contribution is -2.41. The Morgan fingerprint density at radius 3 is 2.31 bits per heavy atom. The van der Waals surface area contributed by atoms with Crippen molar-refractivity contribution in [1.29, 1.82) is 0 Å². The molecular formula is C17H15F8NO9S. The number of nitrogens with zero attached hydrogens (tertiary/aromatic N) is 1. The molecule has 10 nitrogen and oxygen atoms in total. The van der Waals surface area contributed by atoms with Crippen molar-refractivity contribution >= 4 is 28.4 Å². The van der Waals surface area contributed by atoms with Gasteiger partial charge in [-0.3, -0.25) is 0 Å². The van der Waals surface area contributed by atoms with Gasteiger partial charge >= 0.3 is 28.5 Å². The van der Waals surface area contributed by atoms with E-state index in [0.29, 0.717) is 0 Å². The van der Waals surface area contributed by atoms with Crippen LogP contribution in [0.4, 0.5) is 37.4 Å². The first-order valence-corrected chi connectivity index (χ1v) is 11.1. The molecular weight excluding hydrogens is 546 g/mol. The molecule has 0 spiro atoms. The molecule has 0 aliphatic carbocycles. The number of esters is 1. The van der Waals surface area contributed by atoms with E-state index in [4.69, 9.17) is 0 Å². The molecule has 1 aliphatic rings. The van der Waals surface area contributed by atoms with Gasteiger partial charge in [-0.15, -0.1) is 10.1 Å². The first-order chi connectivity index (χ1) is 16.1. The highest BCUT2D eigenvalue weighted by Gasteiger charge is 2.65. The maximum atomic E-state index is 13.5. The highest BCUT2D eigenvalue weighted by Crippen LogP contribution is 3.02. The van der Waals surface area contributed by atoms with Gasteiger partial charge in [-0.2, -0.15) is 13.2 Å². The normalized spacial score (nSPS) is 18.3. The van der Waals surface area contributed by atoms with Crippen LogP contribution in [0.5, 0.6) is 5.75 Å². The Kier molecular flexibility index (Phi) is 7.07. The lowest BCUT2D eigenvalue weighted by Gasteiger charge is -2.41. The summed E-state index contributed by atoms with van der Waals surface area (Å²) in [4.78, 5) is 35.1. The van der Waals surface area contributed by atoms with Crippen LogP contribution in [0.1, 0.15) is 18.1 Å². The molecule has 204 valence electrons. The number of alkyl halides is 3. The summed E-state index contributed by atoms with van der Waals surface area (Å²) in [5.74, 6) is -2.71. The fraction of sp³-hybridized carbons (Fsp3) is 0.412. The number of fused-ring (bicyclic) bond motifs is 1. The summed E-state index contributed by atoms with van der Waals surface area (Å²) in [6.07, 6.45) is -10.9. The molecule has 19 heteroatoms. The van der Waals surface area contributed by atoms with Gasteiger partial charge in [-0.25, -0.2) is 9.59 Å². The predicted molar refractivity (Wildman–Crippen MR) is 102 cm³/mol. The summed E-state index contributed by atoms with van der Waals surface area (Å²) in [7, 11) is -10.2. The number of aryl methyl sites for hydroxylation is 1. The van der Waals surface area contributed by atoms with Crippen LogP contribution in [-0.2, 0) is 23.8 Å². The average molecular weight is 561 g/mol. The number of ether oxygens (including phenoxy) is 4. The third kappa shape index (κ3) is 7.49. The summed E-state index contributed by atoms with van der Waals surface area (Å²) in [6.45, 7) is -0.137.